The lowest BCUT2D eigenvalue weighted by atomic mass is 9.93. The van der Waals surface area contributed by atoms with Crippen LogP contribution in [0.2, 0.25) is 0 Å². The van der Waals surface area contributed by atoms with E-state index in [2.05, 4.69) is 25.6 Å². The van der Waals surface area contributed by atoms with Gasteiger partial charge >= 0.3 is 0 Å². The maximum absolute atomic E-state index is 14.3. The number of anilines is 3. The average Bonchev–Trinajstić information content (AvgIpc) is 3.30. The quantitative estimate of drug-likeness (QED) is 0.493. The van der Waals surface area contributed by atoms with Gasteiger partial charge < -0.3 is 15.7 Å². The molecular formula is C21H23F3N6O3S. The van der Waals surface area contributed by atoms with Crippen molar-refractivity contribution in [1.82, 2.24) is 19.5 Å². The van der Waals surface area contributed by atoms with E-state index in [1.807, 2.05) is 0 Å². The van der Waals surface area contributed by atoms with Crippen molar-refractivity contribution in [2.24, 2.45) is 0 Å². The molecule has 2 aromatic heterocycles. The smallest absolute Gasteiger partial charge is 0.224 e. The number of aliphatic hydroxyl groups is 1. The number of hydrogen-bond donors (Lipinski definition) is 3. The van der Waals surface area contributed by atoms with Gasteiger partial charge in [-0.05, 0) is 32.1 Å². The Kier molecular flexibility index (Phi) is 5.84. The molecule has 5 rings (SSSR count). The van der Waals surface area contributed by atoms with Gasteiger partial charge in [0.2, 0.25) is 11.9 Å². The van der Waals surface area contributed by atoms with Crippen molar-refractivity contribution in [3.8, 4) is 0 Å². The number of imidazole rings is 1. The SMILES string of the molecule is O=S1(=O)CC[C@@H](n2c(Nc3c(F)cc(F)cc3F)nc3cnc(NC4CCC(O)CC4)nc32)C1. The summed E-state index contributed by atoms with van der Waals surface area (Å²) in [6.07, 6.45) is 4.25. The zero-order chi connectivity index (χ0) is 24.0. The van der Waals surface area contributed by atoms with E-state index in [1.165, 1.54) is 10.8 Å². The molecule has 0 amide bonds. The molecule has 0 radical (unpaired) electrons. The van der Waals surface area contributed by atoms with Crippen molar-refractivity contribution in [2.45, 2.75) is 50.3 Å². The van der Waals surface area contributed by atoms with Gasteiger partial charge in [-0.3, -0.25) is 4.57 Å². The Morgan fingerprint density at radius 3 is 2.38 bits per heavy atom. The van der Waals surface area contributed by atoms with E-state index >= 15 is 0 Å². The van der Waals surface area contributed by atoms with Gasteiger partial charge in [0.25, 0.3) is 0 Å². The lowest BCUT2D eigenvalue weighted by molar-refractivity contribution is 0.126. The standard InChI is InChI=1S/C21H23F3N6O3S/c22-11-7-15(23)18(16(24)8-11)28-21-27-17-9-25-20(26-12-1-3-14(31)4-2-12)29-19(17)30(21)13-5-6-34(32,33)10-13/h7-9,12-14,31H,1-6,10H2,(H,27,28)(H,25,26,29)/t12?,13-,14?/m1/s1. The lowest BCUT2D eigenvalue weighted by Crippen LogP contribution is -2.29. The van der Waals surface area contributed by atoms with Crippen LogP contribution < -0.4 is 10.6 Å². The number of aromatic nitrogens is 4. The van der Waals surface area contributed by atoms with Gasteiger partial charge in [-0.15, -0.1) is 0 Å². The Bertz CT molecular complexity index is 1320. The largest absolute Gasteiger partial charge is 0.393 e. The number of sulfone groups is 1. The van der Waals surface area contributed by atoms with Crippen molar-refractivity contribution in [1.29, 1.82) is 0 Å². The Labute approximate surface area is 193 Å². The van der Waals surface area contributed by atoms with Gasteiger partial charge in [-0.2, -0.15) is 4.98 Å². The fraction of sp³-hybridized carbons (Fsp3) is 0.476. The number of benzene rings is 1. The molecule has 13 heteroatoms. The van der Waals surface area contributed by atoms with Crippen LogP contribution in [0.1, 0.15) is 38.1 Å². The molecule has 1 aliphatic carbocycles. The van der Waals surface area contributed by atoms with Gasteiger partial charge in [0.15, 0.2) is 27.1 Å². The predicted molar refractivity (Wildman–Crippen MR) is 119 cm³/mol. The number of hydrogen-bond acceptors (Lipinski definition) is 8. The third-order valence-electron chi connectivity index (χ3n) is 6.28. The summed E-state index contributed by atoms with van der Waals surface area (Å²) in [4.78, 5) is 13.2. The first kappa shape index (κ1) is 22.8. The maximum atomic E-state index is 14.3. The highest BCUT2D eigenvalue weighted by Crippen LogP contribution is 2.34. The van der Waals surface area contributed by atoms with E-state index in [0.29, 0.717) is 42.1 Å². The molecule has 0 bridgehead atoms. The van der Waals surface area contributed by atoms with Gasteiger partial charge in [0.1, 0.15) is 17.0 Å². The van der Waals surface area contributed by atoms with Crippen LogP contribution in [-0.4, -0.2) is 56.7 Å². The number of nitrogens with zero attached hydrogens (tertiary/aromatic N) is 4. The zero-order valence-electron chi connectivity index (χ0n) is 18.0. The highest BCUT2D eigenvalue weighted by molar-refractivity contribution is 7.91. The Balaban J connectivity index is 1.54. The summed E-state index contributed by atoms with van der Waals surface area (Å²) in [6.45, 7) is 0. The highest BCUT2D eigenvalue weighted by atomic mass is 32.2. The first-order valence-electron chi connectivity index (χ1n) is 11.0. The van der Waals surface area contributed by atoms with Crippen LogP contribution in [0.15, 0.2) is 18.3 Å². The van der Waals surface area contributed by atoms with Crippen molar-refractivity contribution < 1.29 is 26.7 Å². The second-order valence-electron chi connectivity index (χ2n) is 8.78. The zero-order valence-corrected chi connectivity index (χ0v) is 18.8. The lowest BCUT2D eigenvalue weighted by Gasteiger charge is -2.26. The van der Waals surface area contributed by atoms with Crippen molar-refractivity contribution in [2.75, 3.05) is 22.1 Å². The third-order valence-corrected chi connectivity index (χ3v) is 8.03. The monoisotopic (exact) mass is 496 g/mol. The molecule has 182 valence electrons. The van der Waals surface area contributed by atoms with E-state index in [-0.39, 0.29) is 36.0 Å². The second kappa shape index (κ2) is 8.69. The van der Waals surface area contributed by atoms with Crippen LogP contribution >= 0.6 is 0 Å². The van der Waals surface area contributed by atoms with Crippen LogP contribution in [0.25, 0.3) is 11.2 Å². The summed E-state index contributed by atoms with van der Waals surface area (Å²) in [5, 5.41) is 15.5. The molecule has 1 aliphatic heterocycles. The van der Waals surface area contributed by atoms with Crippen molar-refractivity contribution in [3.05, 3.63) is 35.8 Å². The van der Waals surface area contributed by atoms with Gasteiger partial charge in [0.05, 0.1) is 29.8 Å². The maximum Gasteiger partial charge on any atom is 0.224 e. The summed E-state index contributed by atoms with van der Waals surface area (Å²) in [6, 6.07) is 0.601. The predicted octanol–water partition coefficient (Wildman–Crippen LogP) is 3.06. The summed E-state index contributed by atoms with van der Waals surface area (Å²) in [7, 11) is -3.30. The molecule has 1 saturated carbocycles. The normalized spacial score (nSPS) is 24.4. The molecular weight excluding hydrogens is 473 g/mol. The molecule has 0 unspecified atom stereocenters. The fourth-order valence-corrected chi connectivity index (χ4v) is 6.25. The number of halogens is 3. The molecule has 9 nitrogen and oxygen atoms in total. The fourth-order valence-electron chi connectivity index (χ4n) is 4.55. The van der Waals surface area contributed by atoms with Crippen LogP contribution in [0.5, 0.6) is 0 Å². The highest BCUT2D eigenvalue weighted by Gasteiger charge is 2.33. The van der Waals surface area contributed by atoms with E-state index in [9.17, 15) is 26.7 Å². The van der Waals surface area contributed by atoms with Crippen LogP contribution in [0.3, 0.4) is 0 Å². The summed E-state index contributed by atoms with van der Waals surface area (Å²) < 4.78 is 67.8. The minimum atomic E-state index is -3.30. The summed E-state index contributed by atoms with van der Waals surface area (Å²) >= 11 is 0. The molecule has 0 spiro atoms. The van der Waals surface area contributed by atoms with Crippen molar-refractivity contribution >= 4 is 38.6 Å². The molecule has 1 saturated heterocycles. The van der Waals surface area contributed by atoms with Gasteiger partial charge in [-0.25, -0.2) is 31.6 Å². The van der Waals surface area contributed by atoms with E-state index in [1.54, 1.807) is 0 Å². The molecule has 3 aromatic rings. The molecule has 3 N–H and O–H groups in total. The molecule has 1 atom stereocenters. The van der Waals surface area contributed by atoms with Crippen molar-refractivity contribution in [3.63, 3.8) is 0 Å². The van der Waals surface area contributed by atoms with Gasteiger partial charge in [0, 0.05) is 18.2 Å². The molecule has 2 fully saturated rings. The summed E-state index contributed by atoms with van der Waals surface area (Å²) in [5.74, 6) is -3.28. The van der Waals surface area contributed by atoms with Crippen LogP contribution in [-0.2, 0) is 9.84 Å². The van der Waals surface area contributed by atoms with E-state index in [0.717, 1.165) is 12.8 Å². The Hall–Kier alpha value is -2.93. The molecule has 1 aromatic carbocycles. The summed E-state index contributed by atoms with van der Waals surface area (Å²) in [5.41, 5.74) is 0.00564. The van der Waals surface area contributed by atoms with Crippen LogP contribution in [0.4, 0.5) is 30.8 Å². The van der Waals surface area contributed by atoms with Gasteiger partial charge in [-0.1, -0.05) is 0 Å². The molecule has 3 heterocycles. The van der Waals surface area contributed by atoms with Crippen LogP contribution in [0, 0.1) is 17.5 Å². The topological polar surface area (TPSA) is 122 Å². The first-order chi connectivity index (χ1) is 16.2. The number of rotatable bonds is 5. The number of nitrogens with one attached hydrogen (secondary N) is 2. The Morgan fingerprint density at radius 1 is 1.03 bits per heavy atom. The van der Waals surface area contributed by atoms with E-state index in [4.69, 9.17) is 0 Å². The first-order valence-corrected chi connectivity index (χ1v) is 12.8. The molecule has 34 heavy (non-hydrogen) atoms. The number of fused-ring (bicyclic) bond motifs is 1. The second-order valence-corrected chi connectivity index (χ2v) is 11.0. The minimum absolute atomic E-state index is 0.0197. The molecule has 2 aliphatic rings. The Morgan fingerprint density at radius 2 is 1.74 bits per heavy atom. The minimum Gasteiger partial charge on any atom is -0.393 e. The number of aliphatic hydroxyl groups excluding tert-OH is 1. The average molecular weight is 497 g/mol. The third kappa shape index (κ3) is 4.53. The van der Waals surface area contributed by atoms with E-state index < -0.39 is 39.0 Å².